The van der Waals surface area contributed by atoms with Gasteiger partial charge in [-0.15, -0.1) is 0 Å². The van der Waals surface area contributed by atoms with Crippen LogP contribution in [0.2, 0.25) is 0 Å². The third kappa shape index (κ3) is 9.24. The number of hydrogen-bond acceptors (Lipinski definition) is 6. The predicted octanol–water partition coefficient (Wildman–Crippen LogP) is 7.29. The first kappa shape index (κ1) is 32.8. The third-order valence-corrected chi connectivity index (χ3v) is 8.39. The molecule has 1 aliphatic carbocycles. The maximum atomic E-state index is 12.2. The van der Waals surface area contributed by atoms with E-state index in [1.54, 1.807) is 0 Å². The Kier molecular flexibility index (Phi) is 12.0. The number of hydrogen-bond donors (Lipinski definition) is 1. The lowest BCUT2D eigenvalue weighted by molar-refractivity contribution is -0.283. The van der Waals surface area contributed by atoms with Gasteiger partial charge < -0.3 is 28.8 Å². The van der Waals surface area contributed by atoms with Gasteiger partial charge in [-0.25, -0.2) is 0 Å². The van der Waals surface area contributed by atoms with Crippen molar-refractivity contribution in [2.24, 2.45) is 0 Å². The molecule has 0 heterocycles. The van der Waals surface area contributed by atoms with Crippen molar-refractivity contribution in [3.63, 3.8) is 0 Å². The highest BCUT2D eigenvalue weighted by molar-refractivity contribution is 5.18. The van der Waals surface area contributed by atoms with Crippen LogP contribution >= 0.6 is 0 Å². The molecule has 5 aromatic carbocycles. The number of aliphatic hydroxyl groups is 1. The molecule has 1 fully saturated rings. The van der Waals surface area contributed by atoms with Gasteiger partial charge in [0.05, 0.1) is 33.0 Å². The maximum Gasteiger partial charge on any atom is 0.116 e. The topological polar surface area (TPSA) is 66.4 Å². The number of benzene rings is 5. The average Bonchev–Trinajstić information content (AvgIpc) is 3.14. The Morgan fingerprint density at radius 3 is 0.723 bits per heavy atom. The van der Waals surface area contributed by atoms with Gasteiger partial charge in [-0.2, -0.15) is 0 Å². The molecular weight excluding hydrogens is 588 g/mol. The van der Waals surface area contributed by atoms with Crippen LogP contribution in [0.1, 0.15) is 27.8 Å². The quantitative estimate of drug-likeness (QED) is 0.131. The Morgan fingerprint density at radius 1 is 0.298 bits per heavy atom. The Bertz CT molecular complexity index is 1470. The molecule has 0 unspecified atom stereocenters. The minimum Gasteiger partial charge on any atom is -0.387 e. The number of aliphatic hydroxyl groups excluding tert-OH is 1. The Morgan fingerprint density at radius 2 is 0.489 bits per heavy atom. The first-order chi connectivity index (χ1) is 23.2. The second kappa shape index (κ2) is 17.1. The summed E-state index contributed by atoms with van der Waals surface area (Å²) < 4.78 is 33.3. The van der Waals surface area contributed by atoms with E-state index >= 15 is 0 Å². The molecular formula is C41H42O6. The van der Waals surface area contributed by atoms with Crippen LogP contribution in [0, 0.1) is 0 Å². The van der Waals surface area contributed by atoms with E-state index in [2.05, 4.69) is 0 Å². The fraction of sp³-hybridized carbons (Fsp3) is 0.268. The second-order valence-corrected chi connectivity index (χ2v) is 11.8. The van der Waals surface area contributed by atoms with Crippen molar-refractivity contribution >= 4 is 0 Å². The molecule has 1 aliphatic rings. The van der Waals surface area contributed by atoms with Gasteiger partial charge >= 0.3 is 0 Å². The van der Waals surface area contributed by atoms with E-state index < -0.39 is 36.6 Å². The van der Waals surface area contributed by atoms with E-state index in [4.69, 9.17) is 23.7 Å². The molecule has 5 aromatic rings. The van der Waals surface area contributed by atoms with Gasteiger partial charge in [0.1, 0.15) is 36.6 Å². The minimum atomic E-state index is -1.07. The van der Waals surface area contributed by atoms with Crippen molar-refractivity contribution in [2.75, 3.05) is 0 Å². The average molecular weight is 631 g/mol. The molecule has 0 spiro atoms. The normalized spacial score (nSPS) is 22.6. The second-order valence-electron chi connectivity index (χ2n) is 11.8. The van der Waals surface area contributed by atoms with Gasteiger partial charge in [0.25, 0.3) is 0 Å². The summed E-state index contributed by atoms with van der Waals surface area (Å²) in [6.07, 6.45) is -4.58. The summed E-state index contributed by atoms with van der Waals surface area (Å²) in [6, 6.07) is 49.9. The molecule has 6 heteroatoms. The highest BCUT2D eigenvalue weighted by atomic mass is 16.6. The van der Waals surface area contributed by atoms with Gasteiger partial charge in [-0.1, -0.05) is 152 Å². The fourth-order valence-corrected chi connectivity index (χ4v) is 5.93. The summed E-state index contributed by atoms with van der Waals surface area (Å²) in [4.78, 5) is 0. The number of rotatable bonds is 15. The predicted molar refractivity (Wildman–Crippen MR) is 181 cm³/mol. The highest BCUT2D eigenvalue weighted by Crippen LogP contribution is 2.35. The van der Waals surface area contributed by atoms with E-state index in [1.165, 1.54) is 0 Å². The van der Waals surface area contributed by atoms with Crippen molar-refractivity contribution < 1.29 is 28.8 Å². The van der Waals surface area contributed by atoms with E-state index in [0.29, 0.717) is 33.0 Å². The minimum absolute atomic E-state index is 0.292. The monoisotopic (exact) mass is 630 g/mol. The van der Waals surface area contributed by atoms with Crippen LogP contribution in [0.15, 0.2) is 152 Å². The zero-order valence-corrected chi connectivity index (χ0v) is 26.4. The van der Waals surface area contributed by atoms with Crippen LogP contribution < -0.4 is 0 Å². The smallest absolute Gasteiger partial charge is 0.116 e. The molecule has 0 radical (unpaired) electrons. The van der Waals surface area contributed by atoms with E-state index in [9.17, 15) is 5.11 Å². The van der Waals surface area contributed by atoms with Crippen LogP contribution in [0.5, 0.6) is 0 Å². The first-order valence-electron chi connectivity index (χ1n) is 16.2. The standard InChI is InChI=1S/C41H42O6/c42-36-37(43-26-31-16-6-1-7-17-31)39(45-28-33-20-10-3-11-21-33)41(47-30-35-24-14-5-15-25-35)40(46-29-34-22-12-4-13-23-34)38(36)44-27-32-18-8-2-9-19-32/h1-25,36-42H,26-30H2/t36?,37-,38-,39+,40+,41?/m1/s1. The molecule has 0 aromatic heterocycles. The summed E-state index contributed by atoms with van der Waals surface area (Å²) >= 11 is 0. The summed E-state index contributed by atoms with van der Waals surface area (Å²) in [5, 5.41) is 12.2. The van der Waals surface area contributed by atoms with Crippen LogP contribution in [0.4, 0.5) is 0 Å². The molecule has 1 N–H and O–H groups in total. The van der Waals surface area contributed by atoms with Gasteiger partial charge in [0.2, 0.25) is 0 Å². The van der Waals surface area contributed by atoms with Crippen LogP contribution in [0.3, 0.4) is 0 Å². The van der Waals surface area contributed by atoms with E-state index in [0.717, 1.165) is 27.8 Å². The molecule has 47 heavy (non-hydrogen) atoms. The van der Waals surface area contributed by atoms with Crippen LogP contribution in [-0.2, 0) is 56.7 Å². The van der Waals surface area contributed by atoms with Gasteiger partial charge in [0, 0.05) is 0 Å². The Balaban J connectivity index is 1.35. The molecule has 0 aliphatic heterocycles. The largest absolute Gasteiger partial charge is 0.387 e. The van der Waals surface area contributed by atoms with Gasteiger partial charge in [-0.3, -0.25) is 0 Å². The van der Waals surface area contributed by atoms with Crippen LogP contribution in [0.25, 0.3) is 0 Å². The molecule has 242 valence electrons. The summed E-state index contributed by atoms with van der Waals surface area (Å²) in [5.41, 5.74) is 5.02. The maximum absolute atomic E-state index is 12.2. The Labute approximate surface area is 277 Å². The summed E-state index contributed by atoms with van der Waals surface area (Å²) in [6.45, 7) is 1.54. The van der Waals surface area contributed by atoms with E-state index in [1.807, 2.05) is 152 Å². The summed E-state index contributed by atoms with van der Waals surface area (Å²) in [5.74, 6) is 0. The molecule has 0 saturated heterocycles. The van der Waals surface area contributed by atoms with Gasteiger partial charge in [-0.05, 0) is 27.8 Å². The van der Waals surface area contributed by atoms with Crippen molar-refractivity contribution in [1.29, 1.82) is 0 Å². The molecule has 1 saturated carbocycles. The molecule has 0 bridgehead atoms. The molecule has 6 rings (SSSR count). The fourth-order valence-electron chi connectivity index (χ4n) is 5.93. The van der Waals surface area contributed by atoms with Crippen molar-refractivity contribution in [2.45, 2.75) is 69.7 Å². The van der Waals surface area contributed by atoms with E-state index in [-0.39, 0.29) is 0 Å². The van der Waals surface area contributed by atoms with Crippen molar-refractivity contribution in [3.05, 3.63) is 179 Å². The van der Waals surface area contributed by atoms with Crippen molar-refractivity contribution in [1.82, 2.24) is 0 Å². The lowest BCUT2D eigenvalue weighted by atomic mass is 9.83. The first-order valence-corrected chi connectivity index (χ1v) is 16.2. The van der Waals surface area contributed by atoms with Gasteiger partial charge in [0.15, 0.2) is 0 Å². The third-order valence-electron chi connectivity index (χ3n) is 8.39. The molecule has 4 atom stereocenters. The zero-order valence-electron chi connectivity index (χ0n) is 26.4. The SMILES string of the molecule is OC1[C@@H](OCc2ccccc2)[C@H](OCc2ccccc2)C(OCc2ccccc2)[C@@H](OCc2ccccc2)[C@@H]1OCc1ccccc1. The highest BCUT2D eigenvalue weighted by Gasteiger charge is 2.54. The zero-order chi connectivity index (χ0) is 32.1. The van der Waals surface area contributed by atoms with Crippen molar-refractivity contribution in [3.8, 4) is 0 Å². The summed E-state index contributed by atoms with van der Waals surface area (Å²) in [7, 11) is 0. The lowest BCUT2D eigenvalue weighted by Crippen LogP contribution is -2.66. The molecule has 6 nitrogen and oxygen atoms in total. The molecule has 0 amide bonds. The number of ether oxygens (including phenoxy) is 5. The Hall–Kier alpha value is -4.14. The lowest BCUT2D eigenvalue weighted by Gasteiger charge is -2.48. The van der Waals surface area contributed by atoms with Crippen LogP contribution in [-0.4, -0.2) is 41.7 Å².